The van der Waals surface area contributed by atoms with Gasteiger partial charge in [0.2, 0.25) is 0 Å². The molecule has 28 heavy (non-hydrogen) atoms. The van der Waals surface area contributed by atoms with Gasteiger partial charge in [-0.2, -0.15) is 0 Å². The maximum absolute atomic E-state index is 14.0. The van der Waals surface area contributed by atoms with E-state index >= 15 is 0 Å². The van der Waals surface area contributed by atoms with Crippen LogP contribution in [0.4, 0.5) is 10.1 Å². The van der Waals surface area contributed by atoms with Crippen molar-refractivity contribution in [1.29, 1.82) is 0 Å². The van der Waals surface area contributed by atoms with Crippen molar-refractivity contribution in [3.05, 3.63) is 59.7 Å². The Hall–Kier alpha value is -2.96. The predicted molar refractivity (Wildman–Crippen MR) is 106 cm³/mol. The Morgan fingerprint density at radius 2 is 1.68 bits per heavy atom. The first-order chi connectivity index (χ1) is 13.2. The number of halogens is 1. The van der Waals surface area contributed by atoms with Crippen molar-refractivity contribution < 1.29 is 14.0 Å². The molecule has 1 saturated heterocycles. The van der Waals surface area contributed by atoms with E-state index in [2.05, 4.69) is 10.3 Å². The molecule has 3 rings (SSSR count). The van der Waals surface area contributed by atoms with Gasteiger partial charge in [-0.15, -0.1) is 0 Å². The van der Waals surface area contributed by atoms with Crippen LogP contribution < -0.4 is 10.2 Å². The lowest BCUT2D eigenvalue weighted by molar-refractivity contribution is 0.0746. The smallest absolute Gasteiger partial charge is 0.255 e. The Bertz CT molecular complexity index is 871. The minimum Gasteiger partial charge on any atom is -0.366 e. The molecule has 0 bridgehead atoms. The van der Waals surface area contributed by atoms with Crippen molar-refractivity contribution in [3.8, 4) is 0 Å². The van der Waals surface area contributed by atoms with E-state index in [-0.39, 0.29) is 23.2 Å². The number of piperazine rings is 1. The number of carbonyl (C=O) groups excluding carboxylic acids is 2. The van der Waals surface area contributed by atoms with Crippen molar-refractivity contribution in [2.75, 3.05) is 31.1 Å². The summed E-state index contributed by atoms with van der Waals surface area (Å²) in [7, 11) is 0. The zero-order valence-electron chi connectivity index (χ0n) is 16.4. The number of rotatable bonds is 3. The van der Waals surface area contributed by atoms with Crippen LogP contribution in [0, 0.1) is 5.82 Å². The summed E-state index contributed by atoms with van der Waals surface area (Å²) in [5, 5.41) is 2.86. The van der Waals surface area contributed by atoms with Gasteiger partial charge in [0.15, 0.2) is 0 Å². The highest BCUT2D eigenvalue weighted by Gasteiger charge is 2.24. The molecule has 0 aliphatic carbocycles. The summed E-state index contributed by atoms with van der Waals surface area (Å²) in [6, 6.07) is 8.21. The van der Waals surface area contributed by atoms with Crippen molar-refractivity contribution in [3.63, 3.8) is 0 Å². The summed E-state index contributed by atoms with van der Waals surface area (Å²) in [6.45, 7) is 7.72. The second kappa shape index (κ2) is 7.96. The number of anilines is 1. The molecule has 1 aliphatic rings. The Balaban J connectivity index is 1.66. The number of hydrogen-bond donors (Lipinski definition) is 1. The van der Waals surface area contributed by atoms with Crippen molar-refractivity contribution >= 4 is 17.5 Å². The second-order valence-electron chi connectivity index (χ2n) is 7.90. The van der Waals surface area contributed by atoms with Crippen LogP contribution in [0.2, 0.25) is 0 Å². The van der Waals surface area contributed by atoms with Gasteiger partial charge in [0, 0.05) is 44.1 Å². The molecule has 1 aromatic heterocycles. The molecule has 7 heteroatoms. The zero-order valence-corrected chi connectivity index (χ0v) is 16.4. The number of amides is 2. The van der Waals surface area contributed by atoms with E-state index in [1.54, 1.807) is 29.2 Å². The van der Waals surface area contributed by atoms with E-state index in [4.69, 9.17) is 0 Å². The number of aromatic nitrogens is 1. The number of nitrogens with one attached hydrogen (secondary N) is 1. The van der Waals surface area contributed by atoms with Crippen LogP contribution in [0.3, 0.4) is 0 Å². The monoisotopic (exact) mass is 384 g/mol. The molecule has 0 atom stereocenters. The summed E-state index contributed by atoms with van der Waals surface area (Å²) >= 11 is 0. The Morgan fingerprint density at radius 3 is 2.32 bits per heavy atom. The number of benzene rings is 1. The molecule has 0 unspecified atom stereocenters. The minimum absolute atomic E-state index is 0.175. The molecule has 1 aliphatic heterocycles. The van der Waals surface area contributed by atoms with Gasteiger partial charge in [0.25, 0.3) is 11.8 Å². The average molecular weight is 384 g/mol. The molecular weight excluding hydrogens is 359 g/mol. The number of pyridine rings is 1. The van der Waals surface area contributed by atoms with Crippen LogP contribution in [0.5, 0.6) is 0 Å². The molecule has 2 amide bonds. The highest BCUT2D eigenvalue weighted by molar-refractivity contribution is 5.99. The van der Waals surface area contributed by atoms with Gasteiger partial charge in [-0.3, -0.25) is 14.6 Å². The van der Waals surface area contributed by atoms with Gasteiger partial charge in [0.05, 0.1) is 16.8 Å². The summed E-state index contributed by atoms with van der Waals surface area (Å²) in [5.74, 6) is -0.700. The third kappa shape index (κ3) is 4.65. The van der Waals surface area contributed by atoms with E-state index in [1.165, 1.54) is 18.5 Å². The number of para-hydroxylation sites is 1. The summed E-state index contributed by atoms with van der Waals surface area (Å²) < 4.78 is 14.0. The van der Waals surface area contributed by atoms with Crippen molar-refractivity contribution in [1.82, 2.24) is 15.2 Å². The molecule has 1 fully saturated rings. The van der Waals surface area contributed by atoms with E-state index in [0.717, 1.165) is 0 Å². The largest absolute Gasteiger partial charge is 0.366 e. The zero-order chi connectivity index (χ0) is 20.3. The van der Waals surface area contributed by atoms with Crippen LogP contribution in [-0.2, 0) is 0 Å². The molecule has 1 N–H and O–H groups in total. The van der Waals surface area contributed by atoms with Crippen LogP contribution in [0.15, 0.2) is 42.7 Å². The van der Waals surface area contributed by atoms with Crippen LogP contribution in [-0.4, -0.2) is 53.4 Å². The van der Waals surface area contributed by atoms with Gasteiger partial charge in [0.1, 0.15) is 5.82 Å². The van der Waals surface area contributed by atoms with E-state index in [0.29, 0.717) is 43.0 Å². The van der Waals surface area contributed by atoms with Gasteiger partial charge in [-0.1, -0.05) is 12.1 Å². The number of hydrogen-bond acceptors (Lipinski definition) is 4. The lowest BCUT2D eigenvalue weighted by Gasteiger charge is -2.36. The van der Waals surface area contributed by atoms with Crippen LogP contribution in [0.25, 0.3) is 0 Å². The summed E-state index contributed by atoms with van der Waals surface area (Å²) in [4.78, 5) is 32.9. The summed E-state index contributed by atoms with van der Waals surface area (Å²) in [5.41, 5.74) is 0.906. The van der Waals surface area contributed by atoms with E-state index in [1.807, 2.05) is 25.7 Å². The topological polar surface area (TPSA) is 65.5 Å². The first-order valence-corrected chi connectivity index (χ1v) is 9.31. The lowest BCUT2D eigenvalue weighted by Crippen LogP contribution is -2.49. The Morgan fingerprint density at radius 1 is 1.04 bits per heavy atom. The van der Waals surface area contributed by atoms with Gasteiger partial charge >= 0.3 is 0 Å². The first kappa shape index (κ1) is 19.8. The quantitative estimate of drug-likeness (QED) is 0.884. The first-order valence-electron chi connectivity index (χ1n) is 9.31. The number of nitrogens with zero attached hydrogens (tertiary/aromatic N) is 3. The molecule has 6 nitrogen and oxygen atoms in total. The molecule has 0 spiro atoms. The van der Waals surface area contributed by atoms with Crippen LogP contribution in [0.1, 0.15) is 41.5 Å². The lowest BCUT2D eigenvalue weighted by atomic mass is 10.1. The van der Waals surface area contributed by atoms with E-state index < -0.39 is 0 Å². The third-order valence-corrected chi connectivity index (χ3v) is 4.50. The maximum Gasteiger partial charge on any atom is 0.255 e. The highest BCUT2D eigenvalue weighted by Crippen LogP contribution is 2.21. The van der Waals surface area contributed by atoms with Gasteiger partial charge in [-0.25, -0.2) is 4.39 Å². The minimum atomic E-state index is -0.375. The van der Waals surface area contributed by atoms with Gasteiger partial charge < -0.3 is 15.1 Å². The fourth-order valence-electron chi connectivity index (χ4n) is 3.14. The highest BCUT2D eigenvalue weighted by atomic mass is 19.1. The fraction of sp³-hybridized carbons (Fsp3) is 0.381. The Labute approximate surface area is 164 Å². The average Bonchev–Trinajstić information content (AvgIpc) is 2.67. The normalized spacial score (nSPS) is 14.7. The molecular formula is C21H25FN4O2. The molecule has 0 saturated carbocycles. The SMILES string of the molecule is CC(C)(C)NC(=O)c1cncc(C(=O)N2CCN(c3ccccc3F)CC2)c1. The second-order valence-corrected chi connectivity index (χ2v) is 7.90. The molecule has 0 radical (unpaired) electrons. The molecule has 2 heterocycles. The maximum atomic E-state index is 14.0. The Kier molecular flexibility index (Phi) is 5.63. The predicted octanol–water partition coefficient (Wildman–Crippen LogP) is 2.71. The van der Waals surface area contributed by atoms with Crippen molar-refractivity contribution in [2.24, 2.45) is 0 Å². The fourth-order valence-corrected chi connectivity index (χ4v) is 3.14. The number of carbonyl (C=O) groups is 2. The standard InChI is InChI=1S/C21H25FN4O2/c1-21(2,3)24-19(27)15-12-16(14-23-13-15)20(28)26-10-8-25(9-11-26)18-7-5-4-6-17(18)22/h4-7,12-14H,8-11H2,1-3H3,(H,24,27). The van der Waals surface area contributed by atoms with Crippen molar-refractivity contribution in [2.45, 2.75) is 26.3 Å². The van der Waals surface area contributed by atoms with E-state index in [9.17, 15) is 14.0 Å². The molecule has 148 valence electrons. The molecule has 2 aromatic rings. The molecule has 1 aromatic carbocycles. The van der Waals surface area contributed by atoms with Gasteiger partial charge in [-0.05, 0) is 39.0 Å². The summed E-state index contributed by atoms with van der Waals surface area (Å²) in [6.07, 6.45) is 2.92. The third-order valence-electron chi connectivity index (χ3n) is 4.50. The van der Waals surface area contributed by atoms with Crippen LogP contribution >= 0.6 is 0 Å².